The summed E-state index contributed by atoms with van der Waals surface area (Å²) in [4.78, 5) is 32.2. The molecule has 31 heavy (non-hydrogen) atoms. The van der Waals surface area contributed by atoms with Gasteiger partial charge in [-0.25, -0.2) is 0 Å². The van der Waals surface area contributed by atoms with Gasteiger partial charge in [0.15, 0.2) is 0 Å². The Morgan fingerprint density at radius 1 is 0.903 bits per heavy atom. The number of fused-ring (bicyclic) bond motifs is 1. The maximum Gasteiger partial charge on any atom is 0.238 e. The van der Waals surface area contributed by atoms with Gasteiger partial charge in [-0.15, -0.1) is 0 Å². The van der Waals surface area contributed by atoms with Crippen molar-refractivity contribution in [2.75, 3.05) is 51.1 Å². The quantitative estimate of drug-likeness (QED) is 0.760. The first-order valence-electron chi connectivity index (χ1n) is 12.3. The maximum absolute atomic E-state index is 13.1. The van der Waals surface area contributed by atoms with E-state index in [0.29, 0.717) is 25.0 Å². The highest BCUT2D eigenvalue weighted by molar-refractivity contribution is 5.93. The predicted molar refractivity (Wildman–Crippen MR) is 124 cm³/mol. The van der Waals surface area contributed by atoms with E-state index in [2.05, 4.69) is 33.0 Å². The van der Waals surface area contributed by atoms with Crippen LogP contribution in [0.5, 0.6) is 0 Å². The number of para-hydroxylation sites is 1. The summed E-state index contributed by atoms with van der Waals surface area (Å²) in [6.07, 6.45) is 8.48. The molecule has 0 bridgehead atoms. The summed E-state index contributed by atoms with van der Waals surface area (Å²) in [6.45, 7) is 7.37. The van der Waals surface area contributed by atoms with Crippen molar-refractivity contribution >= 4 is 17.5 Å². The number of amides is 2. The zero-order chi connectivity index (χ0) is 21.6. The number of piperidine rings is 1. The minimum Gasteiger partial charge on any atom is -0.338 e. The van der Waals surface area contributed by atoms with Crippen molar-refractivity contribution in [3.05, 3.63) is 29.8 Å². The van der Waals surface area contributed by atoms with Gasteiger partial charge >= 0.3 is 0 Å². The second-order valence-corrected chi connectivity index (χ2v) is 9.45. The highest BCUT2D eigenvalue weighted by atomic mass is 16.2. The molecule has 2 atom stereocenters. The molecule has 2 saturated heterocycles. The fourth-order valence-electron chi connectivity index (χ4n) is 5.67. The molecular formula is C25H38N4O2. The van der Waals surface area contributed by atoms with E-state index in [0.717, 1.165) is 62.7 Å². The summed E-state index contributed by atoms with van der Waals surface area (Å²) in [5.41, 5.74) is 2.08. The van der Waals surface area contributed by atoms with Crippen LogP contribution in [0.15, 0.2) is 24.3 Å². The largest absolute Gasteiger partial charge is 0.338 e. The third kappa shape index (κ3) is 5.66. The number of aryl methyl sites for hydroxylation is 1. The highest BCUT2D eigenvalue weighted by Crippen LogP contribution is 2.35. The summed E-state index contributed by atoms with van der Waals surface area (Å²) in [5, 5.41) is 3.07. The number of carbonyl (C=O) groups is 2. The Morgan fingerprint density at radius 2 is 1.58 bits per heavy atom. The van der Waals surface area contributed by atoms with Crippen LogP contribution >= 0.6 is 0 Å². The highest BCUT2D eigenvalue weighted by Gasteiger charge is 2.36. The monoisotopic (exact) mass is 426 g/mol. The van der Waals surface area contributed by atoms with Crippen LogP contribution < -0.4 is 5.32 Å². The molecule has 1 N–H and O–H groups in total. The van der Waals surface area contributed by atoms with Gasteiger partial charge in [-0.3, -0.25) is 19.4 Å². The first-order valence-corrected chi connectivity index (χ1v) is 12.3. The zero-order valence-corrected chi connectivity index (χ0v) is 19.0. The van der Waals surface area contributed by atoms with Crippen molar-refractivity contribution in [2.24, 2.45) is 5.92 Å². The van der Waals surface area contributed by atoms with Crippen LogP contribution in [0, 0.1) is 5.92 Å². The van der Waals surface area contributed by atoms with Gasteiger partial charge in [-0.05, 0) is 49.7 Å². The average Bonchev–Trinajstić information content (AvgIpc) is 2.80. The molecule has 1 aromatic carbocycles. The van der Waals surface area contributed by atoms with Gasteiger partial charge in [0.2, 0.25) is 11.8 Å². The van der Waals surface area contributed by atoms with Crippen LogP contribution in [0.4, 0.5) is 5.69 Å². The van der Waals surface area contributed by atoms with Gasteiger partial charge in [-0.2, -0.15) is 0 Å². The maximum atomic E-state index is 13.1. The molecule has 170 valence electrons. The number of anilines is 1. The molecule has 0 radical (unpaired) electrons. The van der Waals surface area contributed by atoms with E-state index in [-0.39, 0.29) is 5.91 Å². The molecule has 2 heterocycles. The Bertz CT molecular complexity index is 758. The Kier molecular flexibility index (Phi) is 7.62. The zero-order valence-electron chi connectivity index (χ0n) is 19.0. The van der Waals surface area contributed by atoms with Gasteiger partial charge in [0.05, 0.1) is 13.1 Å². The fourth-order valence-corrected chi connectivity index (χ4v) is 5.67. The van der Waals surface area contributed by atoms with Crippen molar-refractivity contribution < 1.29 is 9.59 Å². The van der Waals surface area contributed by atoms with Crippen molar-refractivity contribution in [3.63, 3.8) is 0 Å². The molecule has 6 nitrogen and oxygen atoms in total. The minimum absolute atomic E-state index is 0.0436. The van der Waals surface area contributed by atoms with E-state index in [1.54, 1.807) is 0 Å². The summed E-state index contributed by atoms with van der Waals surface area (Å²) in [5.74, 6) is 1.10. The van der Waals surface area contributed by atoms with Crippen LogP contribution in [-0.4, -0.2) is 78.4 Å². The smallest absolute Gasteiger partial charge is 0.238 e. The van der Waals surface area contributed by atoms with Gasteiger partial charge in [-0.1, -0.05) is 38.0 Å². The SMILES string of the molecule is CCc1ccccc1NC(=O)CN1CCN(CC(=O)N2CCC[C@@H]3CCCC[C@@H]32)CC1. The average molecular weight is 427 g/mol. The molecule has 0 unspecified atom stereocenters. The first kappa shape index (κ1) is 22.3. The van der Waals surface area contributed by atoms with Crippen LogP contribution in [-0.2, 0) is 16.0 Å². The number of likely N-dealkylation sites (tertiary alicyclic amines) is 1. The van der Waals surface area contributed by atoms with Gasteiger partial charge in [0.25, 0.3) is 0 Å². The lowest BCUT2D eigenvalue weighted by atomic mass is 9.78. The molecule has 3 fully saturated rings. The lowest BCUT2D eigenvalue weighted by Crippen LogP contribution is -2.55. The number of hydrogen-bond donors (Lipinski definition) is 1. The molecule has 0 spiro atoms. The second kappa shape index (κ2) is 10.6. The molecule has 0 aromatic heterocycles. The number of piperazine rings is 1. The fraction of sp³-hybridized carbons (Fsp3) is 0.680. The lowest BCUT2D eigenvalue weighted by molar-refractivity contribution is -0.139. The van der Waals surface area contributed by atoms with E-state index in [9.17, 15) is 9.59 Å². The number of nitrogens with zero attached hydrogens (tertiary/aromatic N) is 3. The van der Waals surface area contributed by atoms with Gasteiger partial charge in [0, 0.05) is 44.5 Å². The van der Waals surface area contributed by atoms with Crippen molar-refractivity contribution in [1.82, 2.24) is 14.7 Å². The summed E-state index contributed by atoms with van der Waals surface area (Å²) < 4.78 is 0. The van der Waals surface area contributed by atoms with Crippen LogP contribution in [0.25, 0.3) is 0 Å². The normalized spacial score (nSPS) is 25.1. The molecule has 3 aliphatic rings. The third-order valence-corrected chi connectivity index (χ3v) is 7.43. The van der Waals surface area contributed by atoms with E-state index < -0.39 is 0 Å². The first-order chi connectivity index (χ1) is 15.1. The molecular weight excluding hydrogens is 388 g/mol. The van der Waals surface area contributed by atoms with Crippen molar-refractivity contribution in [2.45, 2.75) is 57.9 Å². The standard InChI is InChI=1S/C25H38N4O2/c1-2-20-8-3-5-11-22(20)26-24(30)18-27-14-16-28(17-15-27)19-25(31)29-13-7-10-21-9-4-6-12-23(21)29/h3,5,8,11,21,23H,2,4,6-7,9-10,12-19H2,1H3,(H,26,30)/t21-,23-/m0/s1. The minimum atomic E-state index is 0.0436. The summed E-state index contributed by atoms with van der Waals surface area (Å²) in [6, 6.07) is 8.49. The number of carbonyl (C=O) groups excluding carboxylic acids is 2. The molecule has 1 aliphatic carbocycles. The van der Waals surface area contributed by atoms with E-state index in [4.69, 9.17) is 0 Å². The van der Waals surface area contributed by atoms with Gasteiger partial charge in [0.1, 0.15) is 0 Å². The predicted octanol–water partition coefficient (Wildman–Crippen LogP) is 2.99. The number of rotatable bonds is 6. The number of benzene rings is 1. The van der Waals surface area contributed by atoms with Crippen LogP contribution in [0.2, 0.25) is 0 Å². The van der Waals surface area contributed by atoms with Crippen LogP contribution in [0.3, 0.4) is 0 Å². The molecule has 6 heteroatoms. The summed E-state index contributed by atoms with van der Waals surface area (Å²) in [7, 11) is 0. The van der Waals surface area contributed by atoms with E-state index in [1.807, 2.05) is 18.2 Å². The van der Waals surface area contributed by atoms with Crippen LogP contribution in [0.1, 0.15) is 51.0 Å². The molecule has 2 aliphatic heterocycles. The molecule has 4 rings (SSSR count). The lowest BCUT2D eigenvalue weighted by Gasteiger charge is -2.45. The molecule has 2 amide bonds. The molecule has 1 aromatic rings. The van der Waals surface area contributed by atoms with E-state index >= 15 is 0 Å². The topological polar surface area (TPSA) is 55.9 Å². The van der Waals surface area contributed by atoms with E-state index in [1.165, 1.54) is 32.1 Å². The molecule has 1 saturated carbocycles. The Hall–Kier alpha value is -1.92. The second-order valence-electron chi connectivity index (χ2n) is 9.45. The summed E-state index contributed by atoms with van der Waals surface area (Å²) >= 11 is 0. The Balaban J connectivity index is 1.21. The third-order valence-electron chi connectivity index (χ3n) is 7.43. The number of nitrogens with one attached hydrogen (secondary N) is 1. The Labute approximate surface area is 187 Å². The van der Waals surface area contributed by atoms with Crippen molar-refractivity contribution in [1.29, 1.82) is 0 Å². The Morgan fingerprint density at radius 3 is 2.35 bits per heavy atom. The van der Waals surface area contributed by atoms with Crippen molar-refractivity contribution in [3.8, 4) is 0 Å². The number of hydrogen-bond acceptors (Lipinski definition) is 4. The van der Waals surface area contributed by atoms with Gasteiger partial charge < -0.3 is 10.2 Å².